The Labute approximate surface area is 405 Å². The summed E-state index contributed by atoms with van der Waals surface area (Å²) in [7, 11) is -5.13. The molecular weight excluding hydrogens is 876 g/mol. The van der Waals surface area contributed by atoms with Crippen LogP contribution in [-0.4, -0.2) is 98.3 Å². The smallest absolute Gasteiger partial charge is 0.462 e. The van der Waals surface area contributed by atoms with Crippen molar-refractivity contribution < 1.29 is 63.1 Å². The van der Waals surface area contributed by atoms with Crippen LogP contribution in [0.4, 0.5) is 0 Å². The second-order valence-corrected chi connectivity index (χ2v) is 19.8. The summed E-state index contributed by atoms with van der Waals surface area (Å²) >= 11 is 0. The summed E-state index contributed by atoms with van der Waals surface area (Å²) in [6.07, 6.45) is 38.8. The molecule has 0 aromatic rings. The Hall–Kier alpha value is -2.19. The number of esters is 2. The number of aliphatic hydroxyl groups is 5. The average Bonchev–Trinajstić information content (AvgIpc) is 3.31. The average molecular weight is 971 g/mol. The van der Waals surface area contributed by atoms with E-state index in [0.717, 1.165) is 70.6 Å². The normalized spacial score (nSPS) is 21.5. The molecule has 1 rings (SSSR count). The maximum Gasteiger partial charge on any atom is 0.472 e. The number of phosphoric acid groups is 1. The predicted octanol–water partition coefficient (Wildman–Crippen LogP) is 11.5. The van der Waals surface area contributed by atoms with Crippen LogP contribution in [0.5, 0.6) is 0 Å². The molecule has 1 fully saturated rings. The molecule has 0 heterocycles. The number of carbonyl (C=O) groups is 2. The lowest BCUT2D eigenvalue weighted by Gasteiger charge is -2.41. The van der Waals surface area contributed by atoms with Gasteiger partial charge in [0.1, 0.15) is 43.2 Å². The predicted molar refractivity (Wildman–Crippen MR) is 267 cm³/mol. The lowest BCUT2D eigenvalue weighted by molar-refractivity contribution is -0.220. The third kappa shape index (κ3) is 34.7. The van der Waals surface area contributed by atoms with Gasteiger partial charge < -0.3 is 39.9 Å². The van der Waals surface area contributed by atoms with E-state index in [1.54, 1.807) is 0 Å². The summed E-state index contributed by atoms with van der Waals surface area (Å²) in [5.74, 6) is -1.12. The minimum absolute atomic E-state index is 0.0767. The van der Waals surface area contributed by atoms with E-state index in [2.05, 4.69) is 62.5 Å². The number of ether oxygens (including phenoxy) is 2. The van der Waals surface area contributed by atoms with Gasteiger partial charge in [-0.2, -0.15) is 0 Å². The quantitative estimate of drug-likeness (QED) is 0.0145. The van der Waals surface area contributed by atoms with Gasteiger partial charge in [-0.05, 0) is 70.6 Å². The Kier molecular flexibility index (Phi) is 40.0. The van der Waals surface area contributed by atoms with Crippen LogP contribution >= 0.6 is 7.82 Å². The molecule has 0 spiro atoms. The van der Waals surface area contributed by atoms with Crippen molar-refractivity contribution >= 4 is 19.8 Å². The van der Waals surface area contributed by atoms with E-state index in [0.29, 0.717) is 12.8 Å². The number of allylic oxidation sites excluding steroid dienone is 8. The molecule has 1 aliphatic carbocycles. The van der Waals surface area contributed by atoms with Gasteiger partial charge in [-0.1, -0.05) is 184 Å². The molecule has 0 saturated heterocycles. The van der Waals surface area contributed by atoms with Gasteiger partial charge in [-0.25, -0.2) is 4.57 Å². The summed E-state index contributed by atoms with van der Waals surface area (Å²) < 4.78 is 33.6. The maximum atomic E-state index is 12.8. The zero-order valence-corrected chi connectivity index (χ0v) is 42.6. The van der Waals surface area contributed by atoms with Crippen LogP contribution in [0.1, 0.15) is 219 Å². The van der Waals surface area contributed by atoms with E-state index < -0.39 is 75.7 Å². The molecule has 0 aromatic heterocycles. The number of hydrogen-bond acceptors (Lipinski definition) is 12. The first-order valence-electron chi connectivity index (χ1n) is 26.4. The molecule has 13 nitrogen and oxygen atoms in total. The van der Waals surface area contributed by atoms with Crippen molar-refractivity contribution in [2.24, 2.45) is 0 Å². The topological polar surface area (TPSA) is 210 Å². The van der Waals surface area contributed by atoms with Crippen LogP contribution in [0, 0.1) is 0 Å². The molecule has 6 unspecified atom stereocenters. The van der Waals surface area contributed by atoms with Crippen LogP contribution in [0.25, 0.3) is 0 Å². The van der Waals surface area contributed by atoms with Gasteiger partial charge in [0, 0.05) is 12.8 Å². The molecule has 0 aliphatic heterocycles. The molecule has 6 atom stereocenters. The highest BCUT2D eigenvalue weighted by atomic mass is 31.2. The molecular formula is C53H95O13P. The fourth-order valence-electron chi connectivity index (χ4n) is 7.94. The highest BCUT2D eigenvalue weighted by Crippen LogP contribution is 2.47. The van der Waals surface area contributed by atoms with Gasteiger partial charge in [-0.15, -0.1) is 0 Å². The van der Waals surface area contributed by atoms with Gasteiger partial charge in [0.25, 0.3) is 0 Å². The zero-order chi connectivity index (χ0) is 49.2. The number of phosphoric ester groups is 1. The first kappa shape index (κ1) is 62.8. The number of unbranched alkanes of at least 4 members (excludes halogenated alkanes) is 24. The van der Waals surface area contributed by atoms with Gasteiger partial charge in [0.05, 0.1) is 6.61 Å². The first-order valence-corrected chi connectivity index (χ1v) is 27.9. The standard InChI is InChI=1S/C53H95O13P/c1-3-5-7-9-11-13-15-17-19-20-21-22-23-24-25-26-28-29-31-33-35-37-39-41-46(54)63-43-45(44-64-67(61,62)66-53-51(59)49(57)48(56)50(58)52(53)60)65-47(55)42-40-38-36-34-32-30-27-18-16-14-12-10-8-6-4-2/h6,8,12,14,18,20-21,27,45,48-53,56-60H,3-5,7,9-11,13,15-17,19,22-26,28-44H2,1-2H3,(H,61,62)/b8-6-,14-12-,21-20-,27-18-. The molecule has 0 radical (unpaired) electrons. The molecule has 0 bridgehead atoms. The second kappa shape index (κ2) is 42.7. The molecule has 6 N–H and O–H groups in total. The van der Waals surface area contributed by atoms with Crippen molar-refractivity contribution in [1.82, 2.24) is 0 Å². The van der Waals surface area contributed by atoms with Crippen molar-refractivity contribution in [3.05, 3.63) is 48.6 Å². The van der Waals surface area contributed by atoms with E-state index in [9.17, 15) is 44.6 Å². The third-order valence-corrected chi connectivity index (χ3v) is 13.1. The highest BCUT2D eigenvalue weighted by Gasteiger charge is 2.51. The van der Waals surface area contributed by atoms with E-state index in [-0.39, 0.29) is 12.8 Å². The maximum absolute atomic E-state index is 12.8. The van der Waals surface area contributed by atoms with Crippen molar-refractivity contribution in [3.63, 3.8) is 0 Å². The second-order valence-electron chi connectivity index (χ2n) is 18.3. The van der Waals surface area contributed by atoms with Crippen molar-refractivity contribution in [2.75, 3.05) is 13.2 Å². The Morgan fingerprint density at radius 3 is 1.31 bits per heavy atom. The van der Waals surface area contributed by atoms with Crippen LogP contribution in [0.3, 0.4) is 0 Å². The molecule has 67 heavy (non-hydrogen) atoms. The number of aliphatic hydroxyl groups excluding tert-OH is 5. The molecule has 14 heteroatoms. The van der Waals surface area contributed by atoms with Crippen LogP contribution in [-0.2, 0) is 32.7 Å². The third-order valence-electron chi connectivity index (χ3n) is 12.2. The van der Waals surface area contributed by atoms with Crippen molar-refractivity contribution in [1.29, 1.82) is 0 Å². The summed E-state index contributed by atoms with van der Waals surface area (Å²) in [4.78, 5) is 35.8. The monoisotopic (exact) mass is 971 g/mol. The highest BCUT2D eigenvalue weighted by molar-refractivity contribution is 7.47. The van der Waals surface area contributed by atoms with E-state index in [1.807, 2.05) is 0 Å². The Morgan fingerprint density at radius 1 is 0.478 bits per heavy atom. The minimum atomic E-state index is -5.13. The summed E-state index contributed by atoms with van der Waals surface area (Å²) in [6.45, 7) is 3.20. The Balaban J connectivity index is 2.36. The SMILES string of the molecule is CC/C=C\C/C=C\C/C=C\CCCCCCCC(=O)OC(COC(=O)CCCCCCCCCCCCC/C=C\CCCCCCCCCC)COP(=O)(O)OC1C(O)C(O)C(O)C(O)C1O. The van der Waals surface area contributed by atoms with Gasteiger partial charge in [0.15, 0.2) is 6.10 Å². The summed E-state index contributed by atoms with van der Waals surface area (Å²) in [5.41, 5.74) is 0. The number of rotatable bonds is 44. The zero-order valence-electron chi connectivity index (χ0n) is 41.7. The van der Waals surface area contributed by atoms with Gasteiger partial charge >= 0.3 is 19.8 Å². The Bertz CT molecular complexity index is 1350. The van der Waals surface area contributed by atoms with Gasteiger partial charge in [-0.3, -0.25) is 18.6 Å². The van der Waals surface area contributed by atoms with E-state index in [4.69, 9.17) is 18.5 Å². The van der Waals surface area contributed by atoms with Crippen LogP contribution < -0.4 is 0 Å². The lowest BCUT2D eigenvalue weighted by Crippen LogP contribution is -2.64. The molecule has 1 aliphatic rings. The lowest BCUT2D eigenvalue weighted by atomic mass is 9.85. The molecule has 0 amide bonds. The van der Waals surface area contributed by atoms with E-state index in [1.165, 1.54) is 109 Å². The summed E-state index contributed by atoms with van der Waals surface area (Å²) in [5, 5.41) is 50.3. The largest absolute Gasteiger partial charge is 0.472 e. The summed E-state index contributed by atoms with van der Waals surface area (Å²) in [6, 6.07) is 0. The van der Waals surface area contributed by atoms with E-state index >= 15 is 0 Å². The Morgan fingerprint density at radius 2 is 0.851 bits per heavy atom. The van der Waals surface area contributed by atoms with Crippen molar-refractivity contribution in [2.45, 2.75) is 262 Å². The fourth-order valence-corrected chi connectivity index (χ4v) is 8.92. The number of carbonyl (C=O) groups excluding carboxylic acids is 2. The molecule has 390 valence electrons. The van der Waals surface area contributed by atoms with Crippen LogP contribution in [0.15, 0.2) is 48.6 Å². The molecule has 0 aromatic carbocycles. The minimum Gasteiger partial charge on any atom is -0.462 e. The van der Waals surface area contributed by atoms with Crippen molar-refractivity contribution in [3.8, 4) is 0 Å². The first-order chi connectivity index (χ1) is 32.4. The molecule has 1 saturated carbocycles. The number of hydrogen-bond donors (Lipinski definition) is 6. The van der Waals surface area contributed by atoms with Crippen LogP contribution in [0.2, 0.25) is 0 Å². The fraction of sp³-hybridized carbons (Fsp3) is 0.811. The van der Waals surface area contributed by atoms with Gasteiger partial charge in [0.2, 0.25) is 0 Å².